The average molecular weight is 393 g/mol. The highest BCUT2D eigenvalue weighted by Gasteiger charge is 2.15. The van der Waals surface area contributed by atoms with E-state index in [0.717, 1.165) is 54.8 Å². The van der Waals surface area contributed by atoms with Crippen molar-refractivity contribution >= 4 is 34.7 Å². The van der Waals surface area contributed by atoms with Gasteiger partial charge in [0.25, 0.3) is 0 Å². The number of ether oxygens (including phenoxy) is 1. The van der Waals surface area contributed by atoms with E-state index >= 15 is 0 Å². The summed E-state index contributed by atoms with van der Waals surface area (Å²) in [4.78, 5) is 14.7. The van der Waals surface area contributed by atoms with Crippen molar-refractivity contribution in [2.24, 2.45) is 5.10 Å². The number of hydrogen-bond acceptors (Lipinski definition) is 7. The molecule has 1 aromatic carbocycles. The van der Waals surface area contributed by atoms with E-state index in [1.54, 1.807) is 6.21 Å². The monoisotopic (exact) mass is 393 g/mol. The van der Waals surface area contributed by atoms with Crippen LogP contribution in [0.2, 0.25) is 0 Å². The number of benzene rings is 1. The average Bonchev–Trinajstić information content (AvgIpc) is 3.18. The lowest BCUT2D eigenvalue weighted by molar-refractivity contribution is 0.122. The molecule has 2 aromatic heterocycles. The molecule has 0 amide bonds. The van der Waals surface area contributed by atoms with E-state index in [2.05, 4.69) is 48.7 Å². The Morgan fingerprint density at radius 1 is 1.24 bits per heavy atom. The number of aromatic nitrogens is 3. The first-order valence-corrected chi connectivity index (χ1v) is 10.1. The highest BCUT2D eigenvalue weighted by atomic mass is 16.5. The van der Waals surface area contributed by atoms with Crippen LogP contribution in [0.1, 0.15) is 25.3 Å². The fourth-order valence-corrected chi connectivity index (χ4v) is 3.27. The molecular formula is C21H27N7O. The van der Waals surface area contributed by atoms with Crippen LogP contribution in [0.15, 0.2) is 41.6 Å². The number of unbranched alkanes of at least 4 members (excludes halogenated alkanes) is 1. The Kier molecular flexibility index (Phi) is 6.21. The molecule has 3 aromatic rings. The van der Waals surface area contributed by atoms with Crippen molar-refractivity contribution in [2.45, 2.75) is 19.8 Å². The zero-order valence-corrected chi connectivity index (χ0v) is 16.7. The van der Waals surface area contributed by atoms with Gasteiger partial charge in [-0.15, -0.1) is 0 Å². The van der Waals surface area contributed by atoms with Crippen LogP contribution < -0.4 is 15.6 Å². The van der Waals surface area contributed by atoms with Gasteiger partial charge >= 0.3 is 0 Å². The quantitative estimate of drug-likeness (QED) is 0.308. The van der Waals surface area contributed by atoms with Crippen LogP contribution in [0, 0.1) is 0 Å². The largest absolute Gasteiger partial charge is 0.378 e. The van der Waals surface area contributed by atoms with Gasteiger partial charge in [-0.1, -0.05) is 31.5 Å². The van der Waals surface area contributed by atoms with Gasteiger partial charge in [-0.2, -0.15) is 15.1 Å². The molecule has 1 aliphatic heterocycles. The minimum Gasteiger partial charge on any atom is -0.378 e. The topological polar surface area (TPSA) is 90.5 Å². The minimum absolute atomic E-state index is 0.618. The summed E-state index contributed by atoms with van der Waals surface area (Å²) in [5.41, 5.74) is 5.18. The van der Waals surface area contributed by atoms with E-state index < -0.39 is 0 Å². The number of para-hydroxylation sites is 1. The zero-order valence-electron chi connectivity index (χ0n) is 16.7. The highest BCUT2D eigenvalue weighted by molar-refractivity contribution is 5.99. The molecule has 1 aliphatic rings. The molecule has 4 rings (SSSR count). The van der Waals surface area contributed by atoms with Gasteiger partial charge in [0.15, 0.2) is 5.82 Å². The van der Waals surface area contributed by atoms with Crippen molar-refractivity contribution in [1.29, 1.82) is 0 Å². The maximum atomic E-state index is 5.46. The number of morpholine rings is 1. The van der Waals surface area contributed by atoms with Crippen molar-refractivity contribution < 1.29 is 4.74 Å². The number of nitrogens with one attached hydrogen (secondary N) is 3. The van der Waals surface area contributed by atoms with Gasteiger partial charge in [0, 0.05) is 48.4 Å². The Labute approximate surface area is 170 Å². The third-order valence-electron chi connectivity index (χ3n) is 4.87. The number of anilines is 3. The summed E-state index contributed by atoms with van der Waals surface area (Å²) >= 11 is 0. The molecular weight excluding hydrogens is 366 g/mol. The van der Waals surface area contributed by atoms with Crippen LogP contribution in [0.3, 0.4) is 0 Å². The first-order chi connectivity index (χ1) is 14.3. The summed E-state index contributed by atoms with van der Waals surface area (Å²) in [6.07, 6.45) is 5.95. The Balaban J connectivity index is 1.52. The number of hydrazone groups is 1. The zero-order chi connectivity index (χ0) is 19.9. The van der Waals surface area contributed by atoms with Crippen LogP contribution in [0.25, 0.3) is 10.9 Å². The number of fused-ring (bicyclic) bond motifs is 1. The second kappa shape index (κ2) is 9.38. The molecule has 3 heterocycles. The Morgan fingerprint density at radius 2 is 2.10 bits per heavy atom. The van der Waals surface area contributed by atoms with Crippen molar-refractivity contribution in [1.82, 2.24) is 15.0 Å². The Bertz CT molecular complexity index is 963. The molecule has 0 saturated carbocycles. The fraction of sp³-hybridized carbons (Fsp3) is 0.381. The van der Waals surface area contributed by atoms with E-state index in [4.69, 9.17) is 4.74 Å². The highest BCUT2D eigenvalue weighted by Crippen LogP contribution is 2.20. The van der Waals surface area contributed by atoms with Crippen LogP contribution in [0.5, 0.6) is 0 Å². The second-order valence-electron chi connectivity index (χ2n) is 6.97. The first-order valence-electron chi connectivity index (χ1n) is 10.1. The molecule has 29 heavy (non-hydrogen) atoms. The Hall–Kier alpha value is -3.13. The van der Waals surface area contributed by atoms with E-state index in [0.29, 0.717) is 25.0 Å². The third kappa shape index (κ3) is 4.83. The van der Waals surface area contributed by atoms with Gasteiger partial charge in [-0.05, 0) is 12.5 Å². The Morgan fingerprint density at radius 3 is 2.97 bits per heavy atom. The smallest absolute Gasteiger partial charge is 0.226 e. The number of aromatic amines is 1. The molecule has 0 unspecified atom stereocenters. The molecule has 0 spiro atoms. The summed E-state index contributed by atoms with van der Waals surface area (Å²) in [7, 11) is 0. The number of nitrogens with zero attached hydrogens (tertiary/aromatic N) is 4. The second-order valence-corrected chi connectivity index (χ2v) is 6.97. The summed E-state index contributed by atoms with van der Waals surface area (Å²) in [5, 5.41) is 8.85. The van der Waals surface area contributed by atoms with Crippen molar-refractivity contribution in [3.8, 4) is 0 Å². The van der Waals surface area contributed by atoms with Crippen LogP contribution in [-0.4, -0.2) is 54.0 Å². The minimum atomic E-state index is 0.618. The molecule has 0 radical (unpaired) electrons. The molecule has 0 atom stereocenters. The van der Waals surface area contributed by atoms with Crippen LogP contribution in [-0.2, 0) is 4.74 Å². The number of hydrogen-bond donors (Lipinski definition) is 3. The third-order valence-corrected chi connectivity index (χ3v) is 4.87. The number of rotatable bonds is 8. The van der Waals surface area contributed by atoms with Gasteiger partial charge in [-0.25, -0.2) is 0 Å². The van der Waals surface area contributed by atoms with Gasteiger partial charge < -0.3 is 19.9 Å². The summed E-state index contributed by atoms with van der Waals surface area (Å²) < 4.78 is 5.46. The van der Waals surface area contributed by atoms with E-state index in [9.17, 15) is 0 Å². The molecule has 8 heteroatoms. The SMILES string of the molecule is CCCCNc1nc(N/N=C/c2c[nH]c3ccccc23)cc(N2CCOCC2)n1. The maximum absolute atomic E-state index is 5.46. The molecule has 1 fully saturated rings. The van der Waals surface area contributed by atoms with Crippen molar-refractivity contribution in [2.75, 3.05) is 48.5 Å². The predicted octanol–water partition coefficient (Wildman–Crippen LogP) is 3.45. The maximum Gasteiger partial charge on any atom is 0.226 e. The van der Waals surface area contributed by atoms with E-state index in [1.165, 1.54) is 0 Å². The lowest BCUT2D eigenvalue weighted by Crippen LogP contribution is -2.37. The van der Waals surface area contributed by atoms with Gasteiger partial charge in [0.05, 0.1) is 19.4 Å². The first kappa shape index (κ1) is 19.2. The van der Waals surface area contributed by atoms with Gasteiger partial charge in [0.1, 0.15) is 5.82 Å². The summed E-state index contributed by atoms with van der Waals surface area (Å²) in [6.45, 7) is 6.08. The lowest BCUT2D eigenvalue weighted by atomic mass is 10.2. The van der Waals surface area contributed by atoms with E-state index in [-0.39, 0.29) is 0 Å². The van der Waals surface area contributed by atoms with Crippen LogP contribution >= 0.6 is 0 Å². The summed E-state index contributed by atoms with van der Waals surface area (Å²) in [6, 6.07) is 10.1. The predicted molar refractivity (Wildman–Crippen MR) is 118 cm³/mol. The lowest BCUT2D eigenvalue weighted by Gasteiger charge is -2.28. The fourth-order valence-electron chi connectivity index (χ4n) is 3.27. The van der Waals surface area contributed by atoms with Crippen molar-refractivity contribution in [3.63, 3.8) is 0 Å². The van der Waals surface area contributed by atoms with Gasteiger partial charge in [0.2, 0.25) is 5.95 Å². The standard InChI is InChI=1S/C21H27N7O/c1-2-3-8-22-21-25-19(13-20(26-21)28-9-11-29-12-10-28)27-24-15-16-14-23-18-7-5-4-6-17(16)18/h4-7,13-15,23H,2-3,8-12H2,1H3,(H2,22,25,26,27)/b24-15+. The summed E-state index contributed by atoms with van der Waals surface area (Å²) in [5.74, 6) is 2.16. The number of H-pyrrole nitrogens is 1. The van der Waals surface area contributed by atoms with Gasteiger partial charge in [-0.3, -0.25) is 5.43 Å². The normalized spacial score (nSPS) is 14.6. The molecule has 152 valence electrons. The van der Waals surface area contributed by atoms with E-state index in [1.807, 2.05) is 30.5 Å². The molecule has 3 N–H and O–H groups in total. The molecule has 1 saturated heterocycles. The molecule has 8 nitrogen and oxygen atoms in total. The molecule has 0 aliphatic carbocycles. The van der Waals surface area contributed by atoms with Crippen LogP contribution in [0.4, 0.5) is 17.6 Å². The molecule has 0 bridgehead atoms. The van der Waals surface area contributed by atoms with Crippen molar-refractivity contribution in [3.05, 3.63) is 42.1 Å².